The second-order valence-corrected chi connectivity index (χ2v) is 8.73. The van der Waals surface area contributed by atoms with Crippen LogP contribution in [0.25, 0.3) is 0 Å². The summed E-state index contributed by atoms with van der Waals surface area (Å²) in [5, 5.41) is 12.7. The minimum atomic E-state index is -0.685. The van der Waals surface area contributed by atoms with Crippen LogP contribution in [0.5, 0.6) is 17.2 Å². The summed E-state index contributed by atoms with van der Waals surface area (Å²) in [6.07, 6.45) is 4.65. The summed E-state index contributed by atoms with van der Waals surface area (Å²) in [5.41, 5.74) is 0.354. The van der Waals surface area contributed by atoms with E-state index in [0.717, 1.165) is 70.4 Å². The molecule has 1 aromatic rings. The molecule has 1 atom stereocenters. The highest BCUT2D eigenvalue weighted by atomic mass is 16.5. The first-order valence-electron chi connectivity index (χ1n) is 11.4. The number of carbonyl (C=O) groups is 1. The van der Waals surface area contributed by atoms with Crippen molar-refractivity contribution in [3.8, 4) is 23.3 Å². The van der Waals surface area contributed by atoms with Crippen molar-refractivity contribution in [3.05, 3.63) is 17.7 Å². The van der Waals surface area contributed by atoms with Crippen LogP contribution in [0.2, 0.25) is 0 Å². The normalized spacial score (nSPS) is 20.1. The topological polar surface area (TPSA) is 87.1 Å². The number of methoxy groups -OCH3 is 3. The predicted octanol–water partition coefficient (Wildman–Crippen LogP) is 2.56. The van der Waals surface area contributed by atoms with E-state index in [2.05, 4.69) is 21.2 Å². The summed E-state index contributed by atoms with van der Waals surface area (Å²) in [6, 6.07) is 6.04. The summed E-state index contributed by atoms with van der Waals surface area (Å²) in [7, 11) is 4.86. The standard InChI is InChI=1S/C24H36N4O4/c1-18(23(29)26-24(17-25)10-6-5-7-11-24)28-14-12-27(13-15-28)16-19-8-9-20(30-2)22(32-4)21(19)31-3/h8-9,18H,5-7,10-16H2,1-4H3,(H,26,29). The molecule has 1 N–H and O–H groups in total. The van der Waals surface area contributed by atoms with Gasteiger partial charge in [0, 0.05) is 38.3 Å². The molecule has 0 aromatic heterocycles. The maximum absolute atomic E-state index is 12.9. The molecule has 2 fully saturated rings. The monoisotopic (exact) mass is 444 g/mol. The molecule has 8 nitrogen and oxygen atoms in total. The maximum Gasteiger partial charge on any atom is 0.238 e. The van der Waals surface area contributed by atoms with Crippen LogP contribution in [0.4, 0.5) is 0 Å². The Balaban J connectivity index is 1.57. The van der Waals surface area contributed by atoms with Gasteiger partial charge in [0.05, 0.1) is 33.4 Å². The fourth-order valence-electron chi connectivity index (χ4n) is 4.76. The average Bonchev–Trinajstić information content (AvgIpc) is 2.84. The first-order valence-corrected chi connectivity index (χ1v) is 11.4. The van der Waals surface area contributed by atoms with E-state index >= 15 is 0 Å². The fourth-order valence-corrected chi connectivity index (χ4v) is 4.76. The lowest BCUT2D eigenvalue weighted by Crippen LogP contribution is -2.58. The minimum Gasteiger partial charge on any atom is -0.493 e. The van der Waals surface area contributed by atoms with Gasteiger partial charge in [-0.2, -0.15) is 5.26 Å². The molecule has 3 rings (SSSR count). The van der Waals surface area contributed by atoms with Gasteiger partial charge in [-0.15, -0.1) is 0 Å². The Bertz CT molecular complexity index is 824. The van der Waals surface area contributed by atoms with Gasteiger partial charge >= 0.3 is 0 Å². The summed E-state index contributed by atoms with van der Waals surface area (Å²) in [4.78, 5) is 17.5. The second-order valence-electron chi connectivity index (χ2n) is 8.73. The molecule has 0 spiro atoms. The molecule has 1 amide bonds. The van der Waals surface area contributed by atoms with Gasteiger partial charge in [-0.25, -0.2) is 0 Å². The van der Waals surface area contributed by atoms with Gasteiger partial charge in [0.2, 0.25) is 11.7 Å². The van der Waals surface area contributed by atoms with Gasteiger partial charge in [0.25, 0.3) is 0 Å². The zero-order valence-corrected chi connectivity index (χ0v) is 19.8. The fraction of sp³-hybridized carbons (Fsp3) is 0.667. The van der Waals surface area contributed by atoms with Gasteiger partial charge in [0.15, 0.2) is 11.5 Å². The largest absolute Gasteiger partial charge is 0.493 e. The molecule has 0 bridgehead atoms. The molecule has 1 saturated heterocycles. The van der Waals surface area contributed by atoms with Crippen molar-refractivity contribution in [2.45, 2.75) is 57.2 Å². The van der Waals surface area contributed by atoms with Crippen LogP contribution in [-0.4, -0.2) is 74.8 Å². The average molecular weight is 445 g/mol. The second kappa shape index (κ2) is 10.9. The molecule has 1 heterocycles. The summed E-state index contributed by atoms with van der Waals surface area (Å²) >= 11 is 0. The number of nitrogens with zero attached hydrogens (tertiary/aromatic N) is 3. The Labute approximate surface area is 191 Å². The van der Waals surface area contributed by atoms with Crippen LogP contribution in [0.15, 0.2) is 12.1 Å². The molecule has 8 heteroatoms. The van der Waals surface area contributed by atoms with Gasteiger partial charge < -0.3 is 19.5 Å². The Morgan fingerprint density at radius 1 is 1.06 bits per heavy atom. The Hall–Kier alpha value is -2.50. The number of carbonyl (C=O) groups excluding carboxylic acids is 1. The van der Waals surface area contributed by atoms with Crippen LogP contribution >= 0.6 is 0 Å². The predicted molar refractivity (Wildman–Crippen MR) is 122 cm³/mol. The summed E-state index contributed by atoms with van der Waals surface area (Å²) in [5.74, 6) is 1.90. The van der Waals surface area contributed by atoms with Crippen molar-refractivity contribution in [2.75, 3.05) is 47.5 Å². The summed E-state index contributed by atoms with van der Waals surface area (Å²) < 4.78 is 16.5. The Morgan fingerprint density at radius 2 is 1.72 bits per heavy atom. The molecular formula is C24H36N4O4. The lowest BCUT2D eigenvalue weighted by atomic mass is 9.82. The smallest absolute Gasteiger partial charge is 0.238 e. The number of rotatable bonds is 8. The first kappa shape index (κ1) is 24.1. The molecule has 1 unspecified atom stereocenters. The SMILES string of the molecule is COc1ccc(CN2CCN(C(C)C(=O)NC3(C#N)CCCCC3)CC2)c(OC)c1OC. The number of nitrogens with one attached hydrogen (secondary N) is 1. The van der Waals surface area contributed by atoms with Gasteiger partial charge in [0.1, 0.15) is 5.54 Å². The van der Waals surface area contributed by atoms with Crippen LogP contribution in [0.3, 0.4) is 0 Å². The molecule has 0 radical (unpaired) electrons. The van der Waals surface area contributed by atoms with Crippen molar-refractivity contribution in [1.29, 1.82) is 5.26 Å². The van der Waals surface area contributed by atoms with E-state index in [1.807, 2.05) is 19.1 Å². The van der Waals surface area contributed by atoms with Crippen molar-refractivity contribution in [2.24, 2.45) is 0 Å². The molecular weight excluding hydrogens is 408 g/mol. The number of benzene rings is 1. The van der Waals surface area contributed by atoms with E-state index < -0.39 is 5.54 Å². The number of hydrogen-bond donors (Lipinski definition) is 1. The van der Waals surface area contributed by atoms with E-state index in [9.17, 15) is 10.1 Å². The van der Waals surface area contributed by atoms with E-state index in [1.165, 1.54) is 0 Å². The maximum atomic E-state index is 12.9. The van der Waals surface area contributed by atoms with Gasteiger partial charge in [-0.05, 0) is 25.8 Å². The van der Waals surface area contributed by atoms with Crippen LogP contribution in [0, 0.1) is 11.3 Å². The van der Waals surface area contributed by atoms with Gasteiger partial charge in [-0.1, -0.05) is 25.3 Å². The molecule has 1 aliphatic carbocycles. The number of hydrogen-bond acceptors (Lipinski definition) is 7. The van der Waals surface area contributed by atoms with Crippen molar-refractivity contribution < 1.29 is 19.0 Å². The first-order chi connectivity index (χ1) is 15.5. The van der Waals surface area contributed by atoms with Crippen molar-refractivity contribution in [1.82, 2.24) is 15.1 Å². The zero-order valence-electron chi connectivity index (χ0n) is 19.8. The highest BCUT2D eigenvalue weighted by Crippen LogP contribution is 2.40. The van der Waals surface area contributed by atoms with E-state index in [1.54, 1.807) is 21.3 Å². The number of piperazine rings is 1. The van der Waals surface area contributed by atoms with Crippen LogP contribution in [-0.2, 0) is 11.3 Å². The molecule has 1 aromatic carbocycles. The Kier molecular flexibility index (Phi) is 8.21. The zero-order chi connectivity index (χ0) is 23.1. The van der Waals surface area contributed by atoms with E-state index in [4.69, 9.17) is 14.2 Å². The highest BCUT2D eigenvalue weighted by Gasteiger charge is 2.36. The molecule has 176 valence electrons. The summed E-state index contributed by atoms with van der Waals surface area (Å²) in [6.45, 7) is 5.95. The third-order valence-corrected chi connectivity index (χ3v) is 6.80. The third-order valence-electron chi connectivity index (χ3n) is 6.80. The lowest BCUT2D eigenvalue weighted by Gasteiger charge is -2.39. The molecule has 2 aliphatic rings. The van der Waals surface area contributed by atoms with Crippen LogP contribution in [0.1, 0.15) is 44.6 Å². The van der Waals surface area contributed by atoms with E-state index in [-0.39, 0.29) is 11.9 Å². The number of nitriles is 1. The third kappa shape index (κ3) is 5.28. The van der Waals surface area contributed by atoms with Crippen LogP contribution < -0.4 is 19.5 Å². The van der Waals surface area contributed by atoms with Crippen molar-refractivity contribution in [3.63, 3.8) is 0 Å². The number of ether oxygens (including phenoxy) is 3. The van der Waals surface area contributed by atoms with Gasteiger partial charge in [-0.3, -0.25) is 14.6 Å². The molecule has 1 saturated carbocycles. The minimum absolute atomic E-state index is 0.0385. The lowest BCUT2D eigenvalue weighted by molar-refractivity contribution is -0.128. The molecule has 1 aliphatic heterocycles. The van der Waals surface area contributed by atoms with Crippen molar-refractivity contribution >= 4 is 5.91 Å². The quantitative estimate of drug-likeness (QED) is 0.659. The Morgan fingerprint density at radius 3 is 2.28 bits per heavy atom. The van der Waals surface area contributed by atoms with E-state index in [0.29, 0.717) is 17.2 Å². The highest BCUT2D eigenvalue weighted by molar-refractivity contribution is 5.82. The molecule has 32 heavy (non-hydrogen) atoms. The number of amides is 1.